The van der Waals surface area contributed by atoms with Gasteiger partial charge in [-0.3, -0.25) is 9.36 Å². The molecule has 0 aliphatic rings. The molecule has 84 heavy (non-hydrogen) atoms. The van der Waals surface area contributed by atoms with E-state index in [0.29, 0.717) is 17.4 Å². The zero-order valence-corrected chi connectivity index (χ0v) is 58.3. The van der Waals surface area contributed by atoms with Gasteiger partial charge in [0.15, 0.2) is 0 Å². The lowest BCUT2D eigenvalue weighted by Crippen LogP contribution is -2.45. The number of allylic oxidation sites excluding steroid dienone is 3. The molecule has 3 unspecified atom stereocenters. The van der Waals surface area contributed by atoms with E-state index >= 15 is 0 Å². The first-order valence-corrected chi connectivity index (χ1v) is 39.2. The zero-order valence-electron chi connectivity index (χ0n) is 57.4. The summed E-state index contributed by atoms with van der Waals surface area (Å²) in [4.78, 5) is 25.7. The quantitative estimate of drug-likeness (QED) is 0.0272. The van der Waals surface area contributed by atoms with Crippen LogP contribution in [0.4, 0.5) is 0 Å². The van der Waals surface area contributed by atoms with Gasteiger partial charge in [0.25, 0.3) is 7.82 Å². The Kier molecular flexibility index (Phi) is 65.6. The Balaban J connectivity index is 3.98. The Hall–Kier alpha value is -1.02. The maximum absolute atomic E-state index is 13.1. The van der Waals surface area contributed by atoms with Gasteiger partial charge in [0, 0.05) is 6.42 Å². The Labute approximate surface area is 525 Å². The minimum atomic E-state index is -4.60. The molecule has 2 N–H and O–H groups in total. The minimum absolute atomic E-state index is 0.00217. The summed E-state index contributed by atoms with van der Waals surface area (Å²) in [5.74, 6) is -0.188. The van der Waals surface area contributed by atoms with Crippen LogP contribution in [0.2, 0.25) is 0 Å². The van der Waals surface area contributed by atoms with Crippen LogP contribution >= 0.6 is 7.82 Å². The molecule has 0 aromatic carbocycles. The van der Waals surface area contributed by atoms with Crippen molar-refractivity contribution >= 4 is 13.7 Å². The van der Waals surface area contributed by atoms with Gasteiger partial charge in [-0.15, -0.1) is 0 Å². The third-order valence-electron chi connectivity index (χ3n) is 17.7. The number of hydrogen-bond donors (Lipinski definition) is 2. The number of nitrogens with one attached hydrogen (secondary N) is 1. The number of aliphatic hydroxyl groups is 1. The molecule has 0 heterocycles. The number of amides is 1. The number of likely N-dealkylation sites (N-methyl/N-ethyl adjacent to an activating group) is 1. The van der Waals surface area contributed by atoms with E-state index in [0.717, 1.165) is 38.5 Å². The monoisotopic (exact) mass is 1210 g/mol. The van der Waals surface area contributed by atoms with Crippen molar-refractivity contribution in [1.82, 2.24) is 5.32 Å². The Bertz CT molecular complexity index is 1420. The fourth-order valence-corrected chi connectivity index (χ4v) is 12.5. The maximum Gasteiger partial charge on any atom is 0.268 e. The van der Waals surface area contributed by atoms with E-state index in [4.69, 9.17) is 9.05 Å². The van der Waals surface area contributed by atoms with Gasteiger partial charge in [-0.1, -0.05) is 372 Å². The molecule has 0 saturated carbocycles. The summed E-state index contributed by atoms with van der Waals surface area (Å²) in [6.45, 7) is 4.72. The van der Waals surface area contributed by atoms with Crippen LogP contribution in [0, 0.1) is 0 Å². The second-order valence-corrected chi connectivity index (χ2v) is 28.8. The van der Waals surface area contributed by atoms with Gasteiger partial charge in [0.1, 0.15) is 13.2 Å². The van der Waals surface area contributed by atoms with Crippen LogP contribution in [-0.2, 0) is 18.4 Å². The smallest absolute Gasteiger partial charge is 0.268 e. The number of nitrogens with zero attached hydrogens (tertiary/aromatic N) is 1. The predicted molar refractivity (Wildman–Crippen MR) is 367 cm³/mol. The standard InChI is InChI=1S/C75H149N2O6P/c1-6-8-10-12-14-16-18-20-22-24-26-28-30-32-34-36-37-38-39-41-43-45-47-49-51-53-55-57-59-61-63-65-67-69-75(79)76-73(72-83-84(80,81)82-71-70-77(3,4)5)74(78)68-66-64-62-60-58-56-54-52-50-48-46-44-42-40-35-33-31-29-27-25-23-21-19-17-15-13-11-9-7-2/h24,26,66,68,73-74,78H,6-23,25,27-65,67,69-72H2,1-5H3,(H-,76,79,80,81)/b26-24-,68-66+. The first-order chi connectivity index (χ1) is 41.0. The highest BCUT2D eigenvalue weighted by atomic mass is 31.2. The lowest BCUT2D eigenvalue weighted by Gasteiger charge is -2.29. The Morgan fingerprint density at radius 1 is 0.405 bits per heavy atom. The number of hydrogen-bond acceptors (Lipinski definition) is 6. The fourth-order valence-electron chi connectivity index (χ4n) is 11.8. The van der Waals surface area contributed by atoms with Gasteiger partial charge in [-0.25, -0.2) is 0 Å². The van der Waals surface area contributed by atoms with Crippen molar-refractivity contribution in [2.45, 2.75) is 411 Å². The van der Waals surface area contributed by atoms with Crippen LogP contribution in [-0.4, -0.2) is 68.5 Å². The van der Waals surface area contributed by atoms with Crippen molar-refractivity contribution in [1.29, 1.82) is 0 Å². The largest absolute Gasteiger partial charge is 0.756 e. The number of aliphatic hydroxyl groups excluding tert-OH is 1. The average molecular weight is 1210 g/mol. The number of phosphoric acid groups is 1. The van der Waals surface area contributed by atoms with Crippen LogP contribution in [0.15, 0.2) is 24.3 Å². The predicted octanol–water partition coefficient (Wildman–Crippen LogP) is 23.6. The van der Waals surface area contributed by atoms with Crippen LogP contribution in [0.5, 0.6) is 0 Å². The molecule has 1 amide bonds. The number of quaternary nitrogens is 1. The lowest BCUT2D eigenvalue weighted by atomic mass is 10.0. The molecular formula is C75H149N2O6P. The van der Waals surface area contributed by atoms with Gasteiger partial charge in [0.05, 0.1) is 39.9 Å². The molecule has 0 bridgehead atoms. The van der Waals surface area contributed by atoms with E-state index in [-0.39, 0.29) is 19.1 Å². The van der Waals surface area contributed by atoms with Gasteiger partial charge < -0.3 is 28.8 Å². The van der Waals surface area contributed by atoms with Crippen LogP contribution in [0.25, 0.3) is 0 Å². The zero-order chi connectivity index (χ0) is 61.2. The number of rotatable bonds is 71. The summed E-state index contributed by atoms with van der Waals surface area (Å²) in [6, 6.07) is -0.886. The van der Waals surface area contributed by atoms with Crippen molar-refractivity contribution < 1.29 is 32.9 Å². The van der Waals surface area contributed by atoms with Crippen LogP contribution in [0.3, 0.4) is 0 Å². The lowest BCUT2D eigenvalue weighted by molar-refractivity contribution is -0.870. The van der Waals surface area contributed by atoms with Gasteiger partial charge in [-0.05, 0) is 44.9 Å². The highest BCUT2D eigenvalue weighted by Crippen LogP contribution is 2.38. The molecule has 0 radical (unpaired) electrons. The van der Waals surface area contributed by atoms with E-state index in [1.165, 1.54) is 340 Å². The second-order valence-electron chi connectivity index (χ2n) is 27.4. The average Bonchev–Trinajstić information content (AvgIpc) is 3.56. The van der Waals surface area contributed by atoms with Gasteiger partial charge in [0.2, 0.25) is 5.91 Å². The number of carbonyl (C=O) groups excluding carboxylic acids is 1. The molecule has 0 fully saturated rings. The molecule has 9 heteroatoms. The van der Waals surface area contributed by atoms with Crippen LogP contribution < -0.4 is 10.2 Å². The van der Waals surface area contributed by atoms with E-state index in [2.05, 4.69) is 31.3 Å². The van der Waals surface area contributed by atoms with Crippen molar-refractivity contribution in [2.24, 2.45) is 0 Å². The fraction of sp³-hybridized carbons (Fsp3) is 0.933. The van der Waals surface area contributed by atoms with Crippen molar-refractivity contribution in [3.05, 3.63) is 24.3 Å². The third-order valence-corrected chi connectivity index (χ3v) is 18.6. The SMILES string of the molecule is CCCCCCCCCC/C=C\CCCCCCCCCCCCCCCCCCCCCCCC(=O)NC(COP(=O)([O-])OCC[N+](C)(C)C)C(O)/C=C/CCCCCCCCCCCCCCCCCCCCCCCCCCCCC. The van der Waals surface area contributed by atoms with E-state index < -0.39 is 20.0 Å². The Morgan fingerprint density at radius 2 is 0.655 bits per heavy atom. The number of unbranched alkanes of at least 4 members (excludes halogenated alkanes) is 56. The van der Waals surface area contributed by atoms with Crippen molar-refractivity contribution in [3.63, 3.8) is 0 Å². The highest BCUT2D eigenvalue weighted by Gasteiger charge is 2.23. The van der Waals surface area contributed by atoms with Crippen LogP contribution in [0.1, 0.15) is 399 Å². The van der Waals surface area contributed by atoms with Gasteiger partial charge in [-0.2, -0.15) is 0 Å². The van der Waals surface area contributed by atoms with E-state index in [9.17, 15) is 19.4 Å². The van der Waals surface area contributed by atoms with Gasteiger partial charge >= 0.3 is 0 Å². The molecule has 500 valence electrons. The molecule has 0 aliphatic carbocycles. The molecule has 0 saturated heterocycles. The summed E-state index contributed by atoms with van der Waals surface area (Å²) in [5.41, 5.74) is 0. The van der Waals surface area contributed by atoms with Crippen molar-refractivity contribution in [3.8, 4) is 0 Å². The molecular weight excluding hydrogens is 1060 g/mol. The molecule has 0 aromatic heterocycles. The molecule has 0 aliphatic heterocycles. The highest BCUT2D eigenvalue weighted by molar-refractivity contribution is 7.45. The molecule has 3 atom stereocenters. The molecule has 0 rings (SSSR count). The summed E-state index contributed by atoms with van der Waals surface area (Å²) in [7, 11) is 1.28. The topological polar surface area (TPSA) is 108 Å². The number of carbonyl (C=O) groups is 1. The minimum Gasteiger partial charge on any atom is -0.756 e. The summed E-state index contributed by atoms with van der Waals surface area (Å²) >= 11 is 0. The first kappa shape index (κ1) is 83.0. The first-order valence-electron chi connectivity index (χ1n) is 37.7. The molecule has 8 nitrogen and oxygen atoms in total. The summed E-state index contributed by atoms with van der Waals surface area (Å²) in [5, 5.41) is 14.0. The molecule has 0 aromatic rings. The summed E-state index contributed by atoms with van der Waals surface area (Å²) < 4.78 is 23.5. The second kappa shape index (κ2) is 66.4. The summed E-state index contributed by atoms with van der Waals surface area (Å²) in [6.07, 6.45) is 87.5. The van der Waals surface area contributed by atoms with Crippen molar-refractivity contribution in [2.75, 3.05) is 40.9 Å². The maximum atomic E-state index is 13.1. The van der Waals surface area contributed by atoms with E-state index in [1.807, 2.05) is 27.2 Å². The normalized spacial score (nSPS) is 13.7. The Morgan fingerprint density at radius 3 is 0.929 bits per heavy atom. The third kappa shape index (κ3) is 68.5. The number of phosphoric ester groups is 1. The van der Waals surface area contributed by atoms with E-state index in [1.54, 1.807) is 6.08 Å². The molecule has 0 spiro atoms.